The predicted molar refractivity (Wildman–Crippen MR) is 103 cm³/mol. The molecule has 0 atom stereocenters. The van der Waals surface area contributed by atoms with E-state index in [2.05, 4.69) is 15.6 Å². The molecule has 0 unspecified atom stereocenters. The molecule has 0 aliphatic rings. The summed E-state index contributed by atoms with van der Waals surface area (Å²) in [4.78, 5) is 18.2. The van der Waals surface area contributed by atoms with Gasteiger partial charge in [0.1, 0.15) is 5.69 Å². The molecular formula is C20H17F3N4O. The van der Waals surface area contributed by atoms with Crippen LogP contribution < -0.4 is 15.5 Å². The van der Waals surface area contributed by atoms with Crippen molar-refractivity contribution in [1.29, 1.82) is 0 Å². The molecule has 0 spiro atoms. The average molecular weight is 386 g/mol. The van der Waals surface area contributed by atoms with Crippen LogP contribution in [0.15, 0.2) is 54.7 Å². The van der Waals surface area contributed by atoms with Gasteiger partial charge in [-0.3, -0.25) is 4.79 Å². The van der Waals surface area contributed by atoms with Crippen LogP contribution in [0.2, 0.25) is 0 Å². The third-order valence-corrected chi connectivity index (χ3v) is 3.95. The molecule has 2 N–H and O–H groups in total. The van der Waals surface area contributed by atoms with Crippen LogP contribution in [-0.2, 0) is 0 Å². The fourth-order valence-electron chi connectivity index (χ4n) is 2.42. The minimum absolute atomic E-state index is 0.146. The predicted octanol–water partition coefficient (Wildman–Crippen LogP) is 4.56. The summed E-state index contributed by atoms with van der Waals surface area (Å²) >= 11 is 0. The molecule has 3 aromatic rings. The first-order valence-corrected chi connectivity index (χ1v) is 8.30. The lowest BCUT2D eigenvalue weighted by Crippen LogP contribution is -2.14. The van der Waals surface area contributed by atoms with Crippen LogP contribution in [0.25, 0.3) is 0 Å². The Kier molecular flexibility index (Phi) is 5.49. The van der Waals surface area contributed by atoms with Gasteiger partial charge in [-0.15, -0.1) is 0 Å². The Bertz CT molecular complexity index is 990. The van der Waals surface area contributed by atoms with Gasteiger partial charge in [-0.25, -0.2) is 18.2 Å². The molecule has 0 saturated carbocycles. The van der Waals surface area contributed by atoms with E-state index in [0.29, 0.717) is 11.4 Å². The first-order chi connectivity index (χ1) is 13.3. The molecule has 28 heavy (non-hydrogen) atoms. The molecule has 0 radical (unpaired) electrons. The quantitative estimate of drug-likeness (QED) is 0.631. The van der Waals surface area contributed by atoms with Gasteiger partial charge in [-0.1, -0.05) is 0 Å². The van der Waals surface area contributed by atoms with Crippen LogP contribution >= 0.6 is 0 Å². The summed E-state index contributed by atoms with van der Waals surface area (Å²) in [5.74, 6) is -4.58. The van der Waals surface area contributed by atoms with Crippen LogP contribution in [-0.4, -0.2) is 25.0 Å². The van der Waals surface area contributed by atoms with Crippen LogP contribution in [0.3, 0.4) is 0 Å². The molecule has 144 valence electrons. The zero-order chi connectivity index (χ0) is 20.3. The van der Waals surface area contributed by atoms with Gasteiger partial charge < -0.3 is 15.5 Å². The molecule has 2 aromatic carbocycles. The van der Waals surface area contributed by atoms with Crippen LogP contribution in [0.5, 0.6) is 0 Å². The second-order valence-electron chi connectivity index (χ2n) is 6.18. The largest absolute Gasteiger partial charge is 0.378 e. The number of halogens is 3. The molecule has 3 rings (SSSR count). The van der Waals surface area contributed by atoms with E-state index in [1.165, 1.54) is 18.3 Å². The number of carbonyl (C=O) groups is 1. The molecule has 1 heterocycles. The maximum Gasteiger partial charge on any atom is 0.274 e. The highest BCUT2D eigenvalue weighted by atomic mass is 19.2. The van der Waals surface area contributed by atoms with Gasteiger partial charge in [-0.05, 0) is 48.5 Å². The molecule has 5 nitrogen and oxygen atoms in total. The Morgan fingerprint density at radius 3 is 2.18 bits per heavy atom. The highest BCUT2D eigenvalue weighted by Gasteiger charge is 2.14. The number of hydrogen-bond donors (Lipinski definition) is 2. The van der Waals surface area contributed by atoms with Crippen molar-refractivity contribution in [2.24, 2.45) is 0 Å². The van der Waals surface area contributed by atoms with E-state index in [4.69, 9.17) is 0 Å². The smallest absolute Gasteiger partial charge is 0.274 e. The lowest BCUT2D eigenvalue weighted by atomic mass is 10.2. The monoisotopic (exact) mass is 386 g/mol. The van der Waals surface area contributed by atoms with E-state index in [9.17, 15) is 18.0 Å². The maximum atomic E-state index is 13.7. The number of carbonyl (C=O) groups excluding carboxylic acids is 1. The summed E-state index contributed by atoms with van der Waals surface area (Å²) in [5, 5.41) is 5.32. The van der Waals surface area contributed by atoms with Crippen molar-refractivity contribution in [3.63, 3.8) is 0 Å². The van der Waals surface area contributed by atoms with Crippen LogP contribution in [0.4, 0.5) is 35.9 Å². The van der Waals surface area contributed by atoms with Crippen molar-refractivity contribution in [1.82, 2.24) is 4.98 Å². The number of benzene rings is 2. The van der Waals surface area contributed by atoms with E-state index >= 15 is 0 Å². The van der Waals surface area contributed by atoms with Crippen molar-refractivity contribution >= 4 is 28.7 Å². The van der Waals surface area contributed by atoms with Crippen molar-refractivity contribution < 1.29 is 18.0 Å². The summed E-state index contributed by atoms with van der Waals surface area (Å²) in [7, 11) is 3.83. The molecular weight excluding hydrogens is 369 g/mol. The van der Waals surface area contributed by atoms with Gasteiger partial charge in [0.05, 0.1) is 17.6 Å². The van der Waals surface area contributed by atoms with Crippen LogP contribution in [0, 0.1) is 17.5 Å². The number of amides is 1. The van der Waals surface area contributed by atoms with Crippen molar-refractivity contribution in [3.8, 4) is 0 Å². The Morgan fingerprint density at radius 2 is 1.57 bits per heavy atom. The molecule has 1 aromatic heterocycles. The van der Waals surface area contributed by atoms with Gasteiger partial charge in [0, 0.05) is 25.5 Å². The molecule has 8 heteroatoms. The highest BCUT2D eigenvalue weighted by Crippen LogP contribution is 2.23. The Balaban J connectivity index is 1.68. The van der Waals surface area contributed by atoms with E-state index in [0.717, 1.165) is 17.8 Å². The molecule has 0 bridgehead atoms. The number of aromatic nitrogens is 1. The number of nitrogens with one attached hydrogen (secondary N) is 2. The number of nitrogens with zero attached hydrogens (tertiary/aromatic N) is 2. The Labute approximate surface area is 159 Å². The van der Waals surface area contributed by atoms with E-state index < -0.39 is 23.4 Å². The van der Waals surface area contributed by atoms with Gasteiger partial charge >= 0.3 is 0 Å². The summed E-state index contributed by atoms with van der Waals surface area (Å²) in [6.45, 7) is 0. The fraction of sp³-hybridized carbons (Fsp3) is 0.100. The van der Waals surface area contributed by atoms with Crippen molar-refractivity contribution in [2.75, 3.05) is 29.6 Å². The Hall–Kier alpha value is -3.55. The number of hydrogen-bond acceptors (Lipinski definition) is 4. The van der Waals surface area contributed by atoms with E-state index in [-0.39, 0.29) is 11.4 Å². The van der Waals surface area contributed by atoms with Gasteiger partial charge in [0.25, 0.3) is 5.91 Å². The van der Waals surface area contributed by atoms with Crippen molar-refractivity contribution in [2.45, 2.75) is 0 Å². The zero-order valence-corrected chi connectivity index (χ0v) is 15.1. The van der Waals surface area contributed by atoms with E-state index in [1.54, 1.807) is 12.1 Å². The Morgan fingerprint density at radius 1 is 0.893 bits per heavy atom. The maximum absolute atomic E-state index is 13.7. The van der Waals surface area contributed by atoms with Crippen LogP contribution in [0.1, 0.15) is 10.5 Å². The average Bonchev–Trinajstić information content (AvgIpc) is 2.69. The minimum Gasteiger partial charge on any atom is -0.378 e. The second-order valence-corrected chi connectivity index (χ2v) is 6.18. The fourth-order valence-corrected chi connectivity index (χ4v) is 2.42. The first-order valence-electron chi connectivity index (χ1n) is 8.30. The summed E-state index contributed by atoms with van der Waals surface area (Å²) in [6.07, 6.45) is 1.30. The molecule has 0 fully saturated rings. The van der Waals surface area contributed by atoms with Crippen molar-refractivity contribution in [3.05, 3.63) is 77.9 Å². The minimum atomic E-state index is -1.56. The van der Waals surface area contributed by atoms with Gasteiger partial charge in [0.2, 0.25) is 0 Å². The van der Waals surface area contributed by atoms with E-state index in [1.807, 2.05) is 31.1 Å². The SMILES string of the molecule is CN(C)c1ccc(NC(=O)c2ccc(Nc3ccc(F)c(F)c3F)cn2)cc1. The molecule has 1 amide bonds. The summed E-state index contributed by atoms with van der Waals surface area (Å²) in [6, 6.07) is 12.1. The molecule has 0 aliphatic carbocycles. The third kappa shape index (κ3) is 4.22. The topological polar surface area (TPSA) is 57.3 Å². The van der Waals surface area contributed by atoms with Gasteiger partial charge in [0.15, 0.2) is 17.5 Å². The second kappa shape index (κ2) is 7.99. The normalized spacial score (nSPS) is 10.5. The lowest BCUT2D eigenvalue weighted by molar-refractivity contribution is 0.102. The number of rotatable bonds is 5. The number of anilines is 4. The highest BCUT2D eigenvalue weighted by molar-refractivity contribution is 6.03. The first kappa shape index (κ1) is 19.2. The standard InChI is InChI=1S/C20H17F3N4O/c1-27(2)14-6-3-12(4-7-14)26-20(28)17-9-5-13(11-24-17)25-16-10-8-15(21)18(22)19(16)23/h3-11,25H,1-2H3,(H,26,28). The summed E-state index contributed by atoms with van der Waals surface area (Å²) < 4.78 is 40.0. The summed E-state index contributed by atoms with van der Waals surface area (Å²) in [5.41, 5.74) is 1.84. The number of pyridine rings is 1. The zero-order valence-electron chi connectivity index (χ0n) is 15.1. The third-order valence-electron chi connectivity index (χ3n) is 3.95. The lowest BCUT2D eigenvalue weighted by Gasteiger charge is -2.13. The molecule has 0 saturated heterocycles. The molecule has 0 aliphatic heterocycles. The van der Waals surface area contributed by atoms with Gasteiger partial charge in [-0.2, -0.15) is 0 Å².